The maximum Gasteiger partial charge on any atom is 1.00 e. The van der Waals surface area contributed by atoms with E-state index >= 15 is 0 Å². The number of hydrogen-bond donors (Lipinski definition) is 6. The van der Waals surface area contributed by atoms with Crippen LogP contribution in [0.15, 0.2) is 23.2 Å². The molecule has 0 aliphatic carbocycles. The number of hydrogen-bond acceptors (Lipinski definition) is 10. The molecule has 0 spiro atoms. The topological polar surface area (TPSA) is 191 Å². The molecule has 0 radical (unpaired) electrons. The molecule has 0 saturated heterocycles. The zero-order chi connectivity index (χ0) is 31.4. The van der Waals surface area contributed by atoms with Gasteiger partial charge in [-0.2, -0.15) is 0 Å². The van der Waals surface area contributed by atoms with Crippen LogP contribution in [0.5, 0.6) is 34.5 Å². The van der Waals surface area contributed by atoms with Crippen molar-refractivity contribution in [1.29, 1.82) is 0 Å². The molecule has 0 aliphatic rings. The van der Waals surface area contributed by atoms with Gasteiger partial charge in [0.2, 0.25) is 0 Å². The van der Waals surface area contributed by atoms with Crippen molar-refractivity contribution in [3.05, 3.63) is 46.0 Å². The molecule has 224 valence electrons. The number of fused-ring (bicyclic) bond motifs is 2. The number of phenols is 6. The Morgan fingerprint density at radius 3 is 1.79 bits per heavy atom. The Morgan fingerprint density at radius 2 is 1.26 bits per heavy atom. The molecule has 0 amide bonds. The van der Waals surface area contributed by atoms with Crippen molar-refractivity contribution in [2.75, 3.05) is 12.3 Å². The summed E-state index contributed by atoms with van der Waals surface area (Å²) in [5.74, 6) is -3.55. The summed E-state index contributed by atoms with van der Waals surface area (Å²) in [5.41, 5.74) is 2.25. The molecule has 43 heavy (non-hydrogen) atoms. The third-order valence-electron chi connectivity index (χ3n) is 7.49. The standard InChI is InChI=1S/C31H35NO9S.Na/c1-13(2)22-17-9-15(5)24(27(34)18(17)11-21(33)29(22)36)25-16(6)10-19-23(14(3)4)31(38)28(35)20(26(19)30(25)37)12-32-7-8-42(39,40)41;/h9-14,33-38H,7-8H2,1-6H3,(H,39,40,41);/q;+1/p-1. The van der Waals surface area contributed by atoms with Crippen LogP contribution in [0.4, 0.5) is 0 Å². The van der Waals surface area contributed by atoms with Gasteiger partial charge in [0.05, 0.1) is 22.4 Å². The third-order valence-corrected chi connectivity index (χ3v) is 8.18. The Balaban J connectivity index is 0.00000506. The Labute approximate surface area is 272 Å². The maximum atomic E-state index is 11.8. The van der Waals surface area contributed by atoms with E-state index in [9.17, 15) is 43.6 Å². The Bertz CT molecular complexity index is 1900. The Kier molecular flexibility index (Phi) is 9.89. The number of benzene rings is 4. The van der Waals surface area contributed by atoms with Crippen molar-refractivity contribution < 1.29 is 73.2 Å². The van der Waals surface area contributed by atoms with E-state index in [2.05, 4.69) is 4.99 Å². The number of phenolic OH excluding ortho intramolecular Hbond substituents is 6. The molecule has 0 unspecified atom stereocenters. The third kappa shape index (κ3) is 6.09. The van der Waals surface area contributed by atoms with Gasteiger partial charge in [0.15, 0.2) is 23.0 Å². The van der Waals surface area contributed by atoms with Gasteiger partial charge < -0.3 is 35.2 Å². The van der Waals surface area contributed by atoms with Gasteiger partial charge in [-0.15, -0.1) is 0 Å². The fourth-order valence-corrected chi connectivity index (χ4v) is 6.02. The number of rotatable bonds is 7. The summed E-state index contributed by atoms with van der Waals surface area (Å²) >= 11 is 0. The molecule has 0 bridgehead atoms. The molecule has 0 aliphatic heterocycles. The number of nitrogens with zero attached hydrogens (tertiary/aromatic N) is 1. The minimum atomic E-state index is -4.54. The Hall–Kier alpha value is -3.22. The molecular weight excluding hydrogens is 585 g/mol. The largest absolute Gasteiger partial charge is 1.00 e. The van der Waals surface area contributed by atoms with Gasteiger partial charge in [-0.05, 0) is 53.6 Å². The fourth-order valence-electron chi connectivity index (χ4n) is 5.69. The predicted octanol–water partition coefficient (Wildman–Crippen LogP) is 2.73. The van der Waals surface area contributed by atoms with Crippen LogP contribution in [0.1, 0.15) is 67.3 Å². The minimum absolute atomic E-state index is 0. The SMILES string of the molecule is Cc1cc2c(C(C)C)c(O)c(O)cc2c(O)c1-c1c(C)cc2c(C(C)C)c(O)c(O)c(C=NCCS(=O)(=O)[O-])c2c1O.[Na+]. The van der Waals surface area contributed by atoms with Crippen molar-refractivity contribution in [1.82, 2.24) is 0 Å². The quantitative estimate of drug-likeness (QED) is 0.0781. The predicted molar refractivity (Wildman–Crippen MR) is 162 cm³/mol. The van der Waals surface area contributed by atoms with Crippen LogP contribution in [0.3, 0.4) is 0 Å². The first kappa shape index (κ1) is 34.3. The minimum Gasteiger partial charge on any atom is -0.748 e. The molecule has 0 aromatic heterocycles. The van der Waals surface area contributed by atoms with Gasteiger partial charge in [0.1, 0.15) is 11.5 Å². The first-order chi connectivity index (χ1) is 19.5. The molecular formula is C31H34NNaO9S. The van der Waals surface area contributed by atoms with E-state index in [1.165, 1.54) is 6.07 Å². The van der Waals surface area contributed by atoms with Gasteiger partial charge in [-0.1, -0.05) is 39.8 Å². The van der Waals surface area contributed by atoms with Crippen molar-refractivity contribution >= 4 is 37.9 Å². The second kappa shape index (κ2) is 12.4. The van der Waals surface area contributed by atoms with Crippen molar-refractivity contribution in [2.45, 2.75) is 53.4 Å². The second-order valence-electron chi connectivity index (χ2n) is 11.1. The summed E-state index contributed by atoms with van der Waals surface area (Å²) in [4.78, 5) is 3.95. The zero-order valence-electron chi connectivity index (χ0n) is 25.1. The number of aromatic hydroxyl groups is 6. The first-order valence-electron chi connectivity index (χ1n) is 13.4. The second-order valence-corrected chi connectivity index (χ2v) is 12.7. The first-order valence-corrected chi connectivity index (χ1v) is 14.9. The van der Waals surface area contributed by atoms with Gasteiger partial charge in [0, 0.05) is 44.8 Å². The van der Waals surface area contributed by atoms with E-state index in [4.69, 9.17) is 0 Å². The molecule has 4 aromatic carbocycles. The Morgan fingerprint density at radius 1 is 0.744 bits per heavy atom. The van der Waals surface area contributed by atoms with Crippen molar-refractivity contribution in [2.24, 2.45) is 4.99 Å². The molecule has 0 fully saturated rings. The van der Waals surface area contributed by atoms with Gasteiger partial charge in [0.25, 0.3) is 0 Å². The van der Waals surface area contributed by atoms with Crippen molar-refractivity contribution in [3.63, 3.8) is 0 Å². The maximum absolute atomic E-state index is 11.8. The average molecular weight is 620 g/mol. The number of aliphatic imine (C=N–C) groups is 1. The summed E-state index contributed by atoms with van der Waals surface area (Å²) in [7, 11) is -4.54. The molecule has 0 heterocycles. The van der Waals surface area contributed by atoms with Crippen LogP contribution in [-0.2, 0) is 10.1 Å². The summed E-state index contributed by atoms with van der Waals surface area (Å²) in [6.07, 6.45) is 1.09. The molecule has 10 nitrogen and oxygen atoms in total. The van der Waals surface area contributed by atoms with Gasteiger partial charge >= 0.3 is 29.6 Å². The van der Waals surface area contributed by atoms with Crippen LogP contribution < -0.4 is 29.6 Å². The molecule has 12 heteroatoms. The van der Waals surface area contributed by atoms with Crippen molar-refractivity contribution in [3.8, 4) is 45.6 Å². The summed E-state index contributed by atoms with van der Waals surface area (Å²) in [5, 5.41) is 67.6. The average Bonchev–Trinajstić information content (AvgIpc) is 2.86. The van der Waals surface area contributed by atoms with E-state index in [0.717, 1.165) is 6.21 Å². The van der Waals surface area contributed by atoms with E-state index in [1.807, 2.05) is 13.8 Å². The van der Waals surface area contributed by atoms with Gasteiger partial charge in [-0.25, -0.2) is 8.42 Å². The van der Waals surface area contributed by atoms with Crippen LogP contribution in [0, 0.1) is 13.8 Å². The van der Waals surface area contributed by atoms with E-state index in [0.29, 0.717) is 33.0 Å². The van der Waals surface area contributed by atoms with Gasteiger partial charge in [-0.3, -0.25) is 4.99 Å². The monoisotopic (exact) mass is 619 g/mol. The van der Waals surface area contributed by atoms with Crippen LogP contribution in [0.2, 0.25) is 0 Å². The number of aryl methyl sites for hydroxylation is 2. The van der Waals surface area contributed by atoms with E-state index in [1.54, 1.807) is 39.8 Å². The smallest absolute Gasteiger partial charge is 0.748 e. The molecule has 4 aromatic rings. The summed E-state index contributed by atoms with van der Waals surface area (Å²) in [6.45, 7) is 10.3. The van der Waals surface area contributed by atoms with Crippen LogP contribution in [-0.4, -0.2) is 62.1 Å². The summed E-state index contributed by atoms with van der Waals surface area (Å²) in [6, 6.07) is 4.71. The normalized spacial score (nSPS) is 12.2. The summed E-state index contributed by atoms with van der Waals surface area (Å²) < 4.78 is 33.1. The fraction of sp³-hybridized carbons (Fsp3) is 0.323. The van der Waals surface area contributed by atoms with Crippen LogP contribution >= 0.6 is 0 Å². The van der Waals surface area contributed by atoms with Crippen LogP contribution in [0.25, 0.3) is 32.7 Å². The molecule has 0 atom stereocenters. The molecule has 4 rings (SSSR count). The van der Waals surface area contributed by atoms with E-state index < -0.39 is 39.7 Å². The van der Waals surface area contributed by atoms with E-state index in [-0.39, 0.29) is 86.1 Å². The molecule has 6 N–H and O–H groups in total. The zero-order valence-corrected chi connectivity index (χ0v) is 28.0. The molecule has 0 saturated carbocycles.